The zero-order valence-electron chi connectivity index (χ0n) is 40.9. The Kier molecular flexibility index (Phi) is 9.92. The van der Waals surface area contributed by atoms with Gasteiger partial charge in [-0.2, -0.15) is 0 Å². The SMILES string of the molecule is c1ccc([Si]2(c3ccccc3)c3ccccc3[Si]3(c4ccccc4Oc4ccccc43)c3ccc(-c4ccc(N(c5ccc(-c6cccc7ccccc67)cc5)c5ccc6c(c5)oc5ccccc56)cc4)cc32)cc1. The van der Waals surface area contributed by atoms with Crippen LogP contribution < -0.4 is 51.1 Å². The first-order valence-corrected chi connectivity index (χ1v) is 29.8. The third kappa shape index (κ3) is 6.52. The molecule has 0 saturated carbocycles. The normalized spacial score (nSPS) is 13.7. The molecule has 75 heavy (non-hydrogen) atoms. The topological polar surface area (TPSA) is 25.6 Å². The lowest BCUT2D eigenvalue weighted by molar-refractivity contribution is 0.487. The van der Waals surface area contributed by atoms with Gasteiger partial charge in [0.05, 0.1) is 0 Å². The zero-order chi connectivity index (χ0) is 49.5. The van der Waals surface area contributed by atoms with E-state index < -0.39 is 16.1 Å². The minimum absolute atomic E-state index is 0.860. The van der Waals surface area contributed by atoms with Gasteiger partial charge in [0.15, 0.2) is 16.1 Å². The number of hydrogen-bond acceptors (Lipinski definition) is 3. The van der Waals surface area contributed by atoms with Crippen molar-refractivity contribution in [2.45, 2.75) is 0 Å². The third-order valence-corrected chi connectivity index (χ3v) is 26.4. The minimum atomic E-state index is -3.01. The molecule has 1 aromatic heterocycles. The number of ether oxygens (including phenoxy) is 1. The first-order chi connectivity index (χ1) is 37.2. The molecule has 3 nitrogen and oxygen atoms in total. The summed E-state index contributed by atoms with van der Waals surface area (Å²) in [6, 6.07) is 106. The number of nitrogens with zero attached hydrogens (tertiary/aromatic N) is 1. The van der Waals surface area contributed by atoms with E-state index in [1.807, 2.05) is 12.1 Å². The molecule has 352 valence electrons. The van der Waals surface area contributed by atoms with Gasteiger partial charge in [0.1, 0.15) is 22.7 Å². The largest absolute Gasteiger partial charge is 0.458 e. The molecule has 2 aliphatic rings. The maximum atomic E-state index is 6.86. The summed E-state index contributed by atoms with van der Waals surface area (Å²) < 4.78 is 13.4. The number of furan rings is 1. The molecule has 1 spiro atoms. The van der Waals surface area contributed by atoms with Gasteiger partial charge in [-0.25, -0.2) is 0 Å². The van der Waals surface area contributed by atoms with Crippen LogP contribution in [-0.4, -0.2) is 16.1 Å². The Morgan fingerprint density at radius 1 is 0.280 bits per heavy atom. The van der Waals surface area contributed by atoms with Crippen molar-refractivity contribution in [1.29, 1.82) is 0 Å². The first kappa shape index (κ1) is 43.3. The second-order valence-corrected chi connectivity index (χ2v) is 27.3. The Morgan fingerprint density at radius 2 is 0.773 bits per heavy atom. The number of para-hydroxylation sites is 3. The van der Waals surface area contributed by atoms with E-state index in [1.165, 1.54) is 69.0 Å². The lowest BCUT2D eigenvalue weighted by Crippen LogP contribution is -2.93. The fourth-order valence-corrected chi connectivity index (χ4v) is 25.2. The Bertz CT molecular complexity index is 4250. The van der Waals surface area contributed by atoms with Crippen molar-refractivity contribution < 1.29 is 9.15 Å². The minimum Gasteiger partial charge on any atom is -0.458 e. The fourth-order valence-electron chi connectivity index (χ4n) is 12.9. The van der Waals surface area contributed by atoms with Crippen molar-refractivity contribution in [1.82, 2.24) is 0 Å². The predicted octanol–water partition coefficient (Wildman–Crippen LogP) is 12.7. The average molecular weight is 990 g/mol. The van der Waals surface area contributed by atoms with Crippen LogP contribution in [0, 0.1) is 0 Å². The van der Waals surface area contributed by atoms with Crippen LogP contribution in [0.4, 0.5) is 17.1 Å². The zero-order valence-corrected chi connectivity index (χ0v) is 42.9. The lowest BCUT2D eigenvalue weighted by Gasteiger charge is -2.50. The van der Waals surface area contributed by atoms with Crippen LogP contribution in [0.5, 0.6) is 11.5 Å². The van der Waals surface area contributed by atoms with E-state index in [9.17, 15) is 0 Å². The molecule has 0 amide bonds. The Balaban J connectivity index is 0.928. The summed E-state index contributed by atoms with van der Waals surface area (Å²) in [7, 11) is -6.02. The first-order valence-electron chi connectivity index (χ1n) is 25.8. The highest BCUT2D eigenvalue weighted by Gasteiger charge is 2.59. The van der Waals surface area contributed by atoms with Crippen molar-refractivity contribution in [2.24, 2.45) is 0 Å². The molecular formula is C70H47NO2Si2. The number of rotatable bonds is 7. The molecule has 5 heteroatoms. The van der Waals surface area contributed by atoms with Crippen molar-refractivity contribution in [3.05, 3.63) is 285 Å². The van der Waals surface area contributed by atoms with Crippen LogP contribution in [0.2, 0.25) is 0 Å². The molecule has 2 aliphatic heterocycles. The van der Waals surface area contributed by atoms with E-state index in [-0.39, 0.29) is 0 Å². The number of benzene rings is 12. The Morgan fingerprint density at radius 3 is 1.45 bits per heavy atom. The molecule has 0 saturated heterocycles. The monoisotopic (exact) mass is 989 g/mol. The molecule has 0 aliphatic carbocycles. The quantitative estimate of drug-likeness (QED) is 0.149. The predicted molar refractivity (Wildman–Crippen MR) is 318 cm³/mol. The summed E-state index contributed by atoms with van der Waals surface area (Å²) in [5.74, 6) is 1.90. The molecule has 0 N–H and O–H groups in total. The number of hydrogen-bond donors (Lipinski definition) is 0. The van der Waals surface area contributed by atoms with Gasteiger partial charge in [0.25, 0.3) is 0 Å². The highest BCUT2D eigenvalue weighted by molar-refractivity contribution is 7.33. The molecule has 0 unspecified atom stereocenters. The van der Waals surface area contributed by atoms with E-state index in [2.05, 4.69) is 278 Å². The van der Waals surface area contributed by atoms with E-state index in [1.54, 1.807) is 0 Å². The van der Waals surface area contributed by atoms with Crippen LogP contribution in [0.15, 0.2) is 290 Å². The van der Waals surface area contributed by atoms with Crippen LogP contribution in [0.1, 0.15) is 0 Å². The highest BCUT2D eigenvalue weighted by atomic mass is 28.3. The van der Waals surface area contributed by atoms with Crippen LogP contribution >= 0.6 is 0 Å². The number of anilines is 3. The second-order valence-electron chi connectivity index (χ2n) is 19.9. The fraction of sp³-hybridized carbons (Fsp3) is 0. The van der Waals surface area contributed by atoms with Gasteiger partial charge < -0.3 is 14.1 Å². The summed E-state index contributed by atoms with van der Waals surface area (Å²) in [6.45, 7) is 0. The molecule has 12 aromatic carbocycles. The molecule has 15 rings (SSSR count). The molecule has 0 atom stereocenters. The maximum Gasteiger partial charge on any atom is 0.188 e. The van der Waals surface area contributed by atoms with Gasteiger partial charge >= 0.3 is 0 Å². The summed E-state index contributed by atoms with van der Waals surface area (Å²) in [4.78, 5) is 2.35. The second kappa shape index (κ2) is 17.2. The lowest BCUT2D eigenvalue weighted by atomic mass is 9.98. The van der Waals surface area contributed by atoms with Gasteiger partial charge in [0.2, 0.25) is 0 Å². The van der Waals surface area contributed by atoms with Crippen molar-refractivity contribution in [2.75, 3.05) is 4.90 Å². The smallest absolute Gasteiger partial charge is 0.188 e. The molecule has 13 aromatic rings. The van der Waals surface area contributed by atoms with Crippen molar-refractivity contribution >= 4 is 107 Å². The van der Waals surface area contributed by atoms with E-state index >= 15 is 0 Å². The highest BCUT2D eigenvalue weighted by Crippen LogP contribution is 2.41. The van der Waals surface area contributed by atoms with Gasteiger partial charge in [-0.1, -0.05) is 224 Å². The van der Waals surface area contributed by atoms with E-state index in [0.717, 1.165) is 56.1 Å². The third-order valence-electron chi connectivity index (χ3n) is 16.1. The summed E-state index contributed by atoms with van der Waals surface area (Å²) in [6.07, 6.45) is 0. The van der Waals surface area contributed by atoms with E-state index in [4.69, 9.17) is 9.15 Å². The van der Waals surface area contributed by atoms with Gasteiger partial charge in [-0.05, 0) is 129 Å². The van der Waals surface area contributed by atoms with Crippen LogP contribution in [0.25, 0.3) is 55.0 Å². The van der Waals surface area contributed by atoms with E-state index in [0.29, 0.717) is 0 Å². The average Bonchev–Trinajstić information content (AvgIpc) is 3.86. The number of fused-ring (bicyclic) bond motifs is 12. The molecule has 0 fully saturated rings. The van der Waals surface area contributed by atoms with Gasteiger partial charge in [-0.15, -0.1) is 0 Å². The summed E-state index contributed by atoms with van der Waals surface area (Å²) in [5, 5.41) is 15.8. The van der Waals surface area contributed by atoms with Crippen molar-refractivity contribution in [3.63, 3.8) is 0 Å². The standard InChI is InChI=1S/C70H47NO2Si2/c1-3-20-55(21-4-1)74(56-22-5-2-6-23-56)67-32-15-16-33-68(67)75(65-30-13-11-28-62(65)73-63-29-12-14-31-66(63)75)69-45-38-51(46-70(69)74)48-34-39-52(40-35-48)71(54-43-44-60-59-25-9-10-27-61(59)72-64(60)47-54)53-41-36-50(37-42-53)58-26-17-19-49-18-7-8-24-57(49)58/h1-47H. The Labute approximate surface area is 437 Å². The summed E-state index contributed by atoms with van der Waals surface area (Å²) in [5.41, 5.74) is 9.63. The maximum absolute atomic E-state index is 6.86. The van der Waals surface area contributed by atoms with Gasteiger partial charge in [-0.3, -0.25) is 0 Å². The van der Waals surface area contributed by atoms with Crippen molar-refractivity contribution in [3.8, 4) is 33.8 Å². The van der Waals surface area contributed by atoms with Crippen LogP contribution in [-0.2, 0) is 0 Å². The Hall–Kier alpha value is -9.27. The van der Waals surface area contributed by atoms with Gasteiger partial charge in [0, 0.05) is 33.9 Å². The molecule has 0 radical (unpaired) electrons. The molecular weight excluding hydrogens is 943 g/mol. The molecule has 0 bridgehead atoms. The van der Waals surface area contributed by atoms with Crippen LogP contribution in [0.3, 0.4) is 0 Å². The summed E-state index contributed by atoms with van der Waals surface area (Å²) >= 11 is 0. The molecule has 3 heterocycles.